The van der Waals surface area contributed by atoms with Crippen molar-refractivity contribution >= 4 is 16.8 Å². The molecule has 1 atom stereocenters. The Balaban J connectivity index is 1.69. The molecule has 1 unspecified atom stereocenters. The Hall–Kier alpha value is -2.93. The summed E-state index contributed by atoms with van der Waals surface area (Å²) in [5.74, 6) is 0.646. The normalized spacial score (nSPS) is 13.6. The van der Waals surface area contributed by atoms with Crippen LogP contribution < -0.4 is 10.9 Å². The SMILES string of the molecule is Cc1ccc(C(C)(O)CNC(=O)Cn2cnc3ccccc3c2=O)o1. The van der Waals surface area contributed by atoms with Crippen molar-refractivity contribution in [2.75, 3.05) is 6.54 Å². The summed E-state index contributed by atoms with van der Waals surface area (Å²) in [4.78, 5) is 28.7. The summed E-state index contributed by atoms with van der Waals surface area (Å²) in [5, 5.41) is 13.5. The molecule has 0 radical (unpaired) electrons. The van der Waals surface area contributed by atoms with E-state index in [0.29, 0.717) is 22.4 Å². The van der Waals surface area contributed by atoms with Gasteiger partial charge in [0.2, 0.25) is 5.91 Å². The topological polar surface area (TPSA) is 97.4 Å². The minimum absolute atomic E-state index is 0.0332. The molecule has 25 heavy (non-hydrogen) atoms. The molecule has 7 nitrogen and oxygen atoms in total. The molecule has 3 aromatic rings. The van der Waals surface area contributed by atoms with Crippen molar-refractivity contribution in [2.45, 2.75) is 26.0 Å². The molecule has 3 rings (SSSR count). The van der Waals surface area contributed by atoms with Crippen LogP contribution in [0.25, 0.3) is 10.9 Å². The fourth-order valence-corrected chi connectivity index (χ4v) is 2.51. The predicted octanol–water partition coefficient (Wildman–Crippen LogP) is 1.32. The van der Waals surface area contributed by atoms with Crippen molar-refractivity contribution in [3.63, 3.8) is 0 Å². The number of aromatic nitrogens is 2. The van der Waals surface area contributed by atoms with Crippen LogP contribution in [0.2, 0.25) is 0 Å². The lowest BCUT2D eigenvalue weighted by Crippen LogP contribution is -2.40. The highest BCUT2D eigenvalue weighted by atomic mass is 16.4. The Morgan fingerprint density at radius 1 is 1.32 bits per heavy atom. The first-order valence-corrected chi connectivity index (χ1v) is 7.87. The van der Waals surface area contributed by atoms with E-state index in [1.807, 2.05) is 0 Å². The Kier molecular flexibility index (Phi) is 4.41. The number of hydrogen-bond acceptors (Lipinski definition) is 5. The molecular weight excluding hydrogens is 322 g/mol. The fraction of sp³-hybridized carbons (Fsp3) is 0.278. The van der Waals surface area contributed by atoms with E-state index in [1.54, 1.807) is 50.2 Å². The summed E-state index contributed by atoms with van der Waals surface area (Å²) in [7, 11) is 0. The average molecular weight is 341 g/mol. The number of para-hydroxylation sites is 1. The summed E-state index contributed by atoms with van der Waals surface area (Å²) in [5.41, 5.74) is -1.04. The van der Waals surface area contributed by atoms with E-state index in [1.165, 1.54) is 10.9 Å². The van der Waals surface area contributed by atoms with Crippen LogP contribution in [0, 0.1) is 6.92 Å². The Morgan fingerprint density at radius 2 is 2.08 bits per heavy atom. The van der Waals surface area contributed by atoms with E-state index in [4.69, 9.17) is 4.42 Å². The van der Waals surface area contributed by atoms with Crippen LogP contribution in [0.1, 0.15) is 18.4 Å². The van der Waals surface area contributed by atoms with Gasteiger partial charge in [-0.25, -0.2) is 4.98 Å². The van der Waals surface area contributed by atoms with E-state index in [2.05, 4.69) is 10.3 Å². The molecule has 130 valence electrons. The molecule has 0 aliphatic heterocycles. The molecule has 0 saturated carbocycles. The number of amides is 1. The van der Waals surface area contributed by atoms with E-state index in [0.717, 1.165) is 0 Å². The molecule has 0 aliphatic carbocycles. The van der Waals surface area contributed by atoms with Gasteiger partial charge in [-0.2, -0.15) is 0 Å². The molecular formula is C18H19N3O4. The number of nitrogens with zero attached hydrogens (tertiary/aromatic N) is 2. The van der Waals surface area contributed by atoms with Crippen molar-refractivity contribution in [3.05, 3.63) is 64.6 Å². The third-order valence-electron chi connectivity index (χ3n) is 3.95. The van der Waals surface area contributed by atoms with Crippen LogP contribution in [0.5, 0.6) is 0 Å². The molecule has 0 fully saturated rings. The monoisotopic (exact) mass is 341 g/mol. The van der Waals surface area contributed by atoms with E-state index in [-0.39, 0.29) is 18.6 Å². The molecule has 0 aliphatic rings. The second-order valence-corrected chi connectivity index (χ2v) is 6.16. The highest BCUT2D eigenvalue weighted by Crippen LogP contribution is 2.21. The zero-order valence-corrected chi connectivity index (χ0v) is 14.0. The quantitative estimate of drug-likeness (QED) is 0.729. The number of carbonyl (C=O) groups is 1. The van der Waals surface area contributed by atoms with Gasteiger partial charge in [0.15, 0.2) is 0 Å². The first kappa shape index (κ1) is 16.9. The maximum Gasteiger partial charge on any atom is 0.261 e. The van der Waals surface area contributed by atoms with Crippen LogP contribution >= 0.6 is 0 Å². The van der Waals surface area contributed by atoms with Crippen molar-refractivity contribution in [2.24, 2.45) is 0 Å². The maximum atomic E-state index is 12.4. The largest absolute Gasteiger partial charge is 0.463 e. The van der Waals surface area contributed by atoms with Gasteiger partial charge in [-0.1, -0.05) is 12.1 Å². The van der Waals surface area contributed by atoms with Gasteiger partial charge in [-0.3, -0.25) is 14.2 Å². The zero-order valence-electron chi connectivity index (χ0n) is 14.0. The van der Waals surface area contributed by atoms with Crippen LogP contribution in [0.4, 0.5) is 0 Å². The Morgan fingerprint density at radius 3 is 2.80 bits per heavy atom. The second-order valence-electron chi connectivity index (χ2n) is 6.16. The molecule has 0 bridgehead atoms. The van der Waals surface area contributed by atoms with Gasteiger partial charge in [-0.05, 0) is 38.1 Å². The second kappa shape index (κ2) is 6.52. The first-order chi connectivity index (χ1) is 11.9. The summed E-state index contributed by atoms with van der Waals surface area (Å²) in [6.07, 6.45) is 1.35. The number of carbonyl (C=O) groups excluding carboxylic acids is 1. The zero-order chi connectivity index (χ0) is 18.0. The van der Waals surface area contributed by atoms with Crippen LogP contribution in [0.15, 0.2) is 51.9 Å². The van der Waals surface area contributed by atoms with Gasteiger partial charge in [-0.15, -0.1) is 0 Å². The van der Waals surface area contributed by atoms with E-state index >= 15 is 0 Å². The van der Waals surface area contributed by atoms with Crippen molar-refractivity contribution < 1.29 is 14.3 Å². The van der Waals surface area contributed by atoms with Gasteiger partial charge in [0, 0.05) is 0 Å². The van der Waals surface area contributed by atoms with Gasteiger partial charge >= 0.3 is 0 Å². The van der Waals surface area contributed by atoms with Crippen molar-refractivity contribution in [1.29, 1.82) is 0 Å². The van der Waals surface area contributed by atoms with E-state index < -0.39 is 11.5 Å². The standard InChI is InChI=1S/C18H19N3O4/c1-12-7-8-15(25-12)18(2,24)10-19-16(22)9-21-11-20-14-6-4-3-5-13(14)17(21)23/h3-8,11,24H,9-10H2,1-2H3,(H,19,22). The lowest BCUT2D eigenvalue weighted by Gasteiger charge is -2.21. The molecule has 2 heterocycles. The number of fused-ring (bicyclic) bond motifs is 1. The highest BCUT2D eigenvalue weighted by molar-refractivity contribution is 5.78. The van der Waals surface area contributed by atoms with Crippen LogP contribution in [0.3, 0.4) is 0 Å². The van der Waals surface area contributed by atoms with Crippen LogP contribution in [-0.2, 0) is 16.9 Å². The molecule has 1 aromatic carbocycles. The molecule has 2 N–H and O–H groups in total. The third kappa shape index (κ3) is 3.61. The van der Waals surface area contributed by atoms with E-state index in [9.17, 15) is 14.7 Å². The molecule has 2 aromatic heterocycles. The Labute approximate surface area is 143 Å². The van der Waals surface area contributed by atoms with Gasteiger partial charge in [0.05, 0.1) is 23.8 Å². The maximum absolute atomic E-state index is 12.4. The average Bonchev–Trinajstić information content (AvgIpc) is 3.03. The summed E-state index contributed by atoms with van der Waals surface area (Å²) in [6, 6.07) is 10.4. The first-order valence-electron chi connectivity index (χ1n) is 7.87. The van der Waals surface area contributed by atoms with Crippen molar-refractivity contribution in [3.8, 4) is 0 Å². The lowest BCUT2D eigenvalue weighted by atomic mass is 10.0. The number of hydrogen-bond donors (Lipinski definition) is 2. The minimum atomic E-state index is -1.34. The summed E-state index contributed by atoms with van der Waals surface area (Å²) < 4.78 is 6.64. The number of furan rings is 1. The van der Waals surface area contributed by atoms with Crippen molar-refractivity contribution in [1.82, 2.24) is 14.9 Å². The molecule has 7 heteroatoms. The van der Waals surface area contributed by atoms with Gasteiger partial charge in [0.25, 0.3) is 5.56 Å². The Bertz CT molecular complexity index is 972. The highest BCUT2D eigenvalue weighted by Gasteiger charge is 2.27. The number of rotatable bonds is 5. The molecule has 0 saturated heterocycles. The lowest BCUT2D eigenvalue weighted by molar-refractivity contribution is -0.123. The predicted molar refractivity (Wildman–Crippen MR) is 92.0 cm³/mol. The number of aryl methyl sites for hydroxylation is 1. The van der Waals surface area contributed by atoms with Gasteiger partial charge in [0.1, 0.15) is 23.7 Å². The van der Waals surface area contributed by atoms with Crippen LogP contribution in [-0.4, -0.2) is 27.1 Å². The number of nitrogens with one attached hydrogen (secondary N) is 1. The molecule has 0 spiro atoms. The summed E-state index contributed by atoms with van der Waals surface area (Å²) >= 11 is 0. The minimum Gasteiger partial charge on any atom is -0.463 e. The number of benzene rings is 1. The van der Waals surface area contributed by atoms with Gasteiger partial charge < -0.3 is 14.8 Å². The third-order valence-corrected chi connectivity index (χ3v) is 3.95. The summed E-state index contributed by atoms with van der Waals surface area (Å²) in [6.45, 7) is 3.12. The molecule has 1 amide bonds. The number of aliphatic hydroxyl groups is 1. The fourth-order valence-electron chi connectivity index (χ4n) is 2.51. The smallest absolute Gasteiger partial charge is 0.261 e.